The van der Waals surface area contributed by atoms with Gasteiger partial charge in [0.05, 0.1) is 13.7 Å². The minimum atomic E-state index is 0.628. The summed E-state index contributed by atoms with van der Waals surface area (Å²) in [5.41, 5.74) is 0.935. The summed E-state index contributed by atoms with van der Waals surface area (Å²) in [6.07, 6.45) is 1.22. The third-order valence-corrected chi connectivity index (χ3v) is 4.04. The molecule has 1 saturated heterocycles. The summed E-state index contributed by atoms with van der Waals surface area (Å²) in [5.74, 6) is 2.84. The number of nitrogens with zero attached hydrogens (tertiary/aromatic N) is 3. The smallest absolute Gasteiger partial charge is 0.241 e. The van der Waals surface area contributed by atoms with Crippen molar-refractivity contribution >= 4 is 0 Å². The van der Waals surface area contributed by atoms with Crippen LogP contribution in [0, 0.1) is 5.92 Å². The molecule has 1 fully saturated rings. The van der Waals surface area contributed by atoms with Crippen molar-refractivity contribution in [3.63, 3.8) is 0 Å². The van der Waals surface area contributed by atoms with Crippen molar-refractivity contribution in [2.75, 3.05) is 33.8 Å². The predicted octanol–water partition coefficient (Wildman–Crippen LogP) is 1.79. The van der Waals surface area contributed by atoms with E-state index in [0.717, 1.165) is 37.5 Å². The first-order chi connectivity index (χ1) is 10.8. The van der Waals surface area contributed by atoms with E-state index >= 15 is 0 Å². The lowest BCUT2D eigenvalue weighted by atomic mass is 10.1. The molecule has 0 spiro atoms. The van der Waals surface area contributed by atoms with E-state index in [1.165, 1.54) is 6.42 Å². The highest BCUT2D eigenvalue weighted by atomic mass is 16.5. The topological polar surface area (TPSA) is 63.4 Å². The number of aromatic nitrogens is 2. The molecule has 2 heterocycles. The Kier molecular flexibility index (Phi) is 4.70. The SMILES string of the molecule is CNCC1CCN(Cc2nc(-c3ccc(OC)cc3)no2)C1. The van der Waals surface area contributed by atoms with Gasteiger partial charge in [0, 0.05) is 12.1 Å². The normalized spacial score (nSPS) is 18.7. The van der Waals surface area contributed by atoms with Crippen LogP contribution in [0.3, 0.4) is 0 Å². The molecule has 0 bridgehead atoms. The zero-order chi connectivity index (χ0) is 15.4. The Morgan fingerprint density at radius 1 is 1.36 bits per heavy atom. The molecule has 22 heavy (non-hydrogen) atoms. The highest BCUT2D eigenvalue weighted by Crippen LogP contribution is 2.21. The average molecular weight is 302 g/mol. The average Bonchev–Trinajstić information content (AvgIpc) is 3.18. The third-order valence-electron chi connectivity index (χ3n) is 4.04. The monoisotopic (exact) mass is 302 g/mol. The van der Waals surface area contributed by atoms with E-state index in [1.54, 1.807) is 7.11 Å². The van der Waals surface area contributed by atoms with Crippen LogP contribution in [0.15, 0.2) is 28.8 Å². The van der Waals surface area contributed by atoms with Crippen molar-refractivity contribution < 1.29 is 9.26 Å². The first-order valence-corrected chi connectivity index (χ1v) is 7.62. The van der Waals surface area contributed by atoms with E-state index in [0.29, 0.717) is 17.6 Å². The summed E-state index contributed by atoms with van der Waals surface area (Å²) < 4.78 is 10.5. The van der Waals surface area contributed by atoms with Gasteiger partial charge in [-0.3, -0.25) is 4.90 Å². The van der Waals surface area contributed by atoms with Crippen molar-refractivity contribution in [1.82, 2.24) is 20.4 Å². The molecule has 3 rings (SSSR count). The van der Waals surface area contributed by atoms with Gasteiger partial charge in [-0.05, 0) is 56.7 Å². The fourth-order valence-electron chi connectivity index (χ4n) is 2.88. The lowest BCUT2D eigenvalue weighted by Gasteiger charge is -2.12. The predicted molar refractivity (Wildman–Crippen MR) is 83.6 cm³/mol. The molecule has 1 unspecified atom stereocenters. The molecule has 0 radical (unpaired) electrons. The summed E-state index contributed by atoms with van der Waals surface area (Å²) in [5, 5.41) is 7.31. The number of likely N-dealkylation sites (tertiary alicyclic amines) is 1. The van der Waals surface area contributed by atoms with Gasteiger partial charge in [0.15, 0.2) is 0 Å². The van der Waals surface area contributed by atoms with Crippen LogP contribution in [0.25, 0.3) is 11.4 Å². The molecule has 6 nitrogen and oxygen atoms in total. The molecule has 2 aromatic rings. The van der Waals surface area contributed by atoms with E-state index < -0.39 is 0 Å². The van der Waals surface area contributed by atoms with E-state index in [9.17, 15) is 0 Å². The quantitative estimate of drug-likeness (QED) is 0.877. The zero-order valence-corrected chi connectivity index (χ0v) is 13.1. The van der Waals surface area contributed by atoms with E-state index in [-0.39, 0.29) is 0 Å². The van der Waals surface area contributed by atoms with E-state index in [4.69, 9.17) is 9.26 Å². The van der Waals surface area contributed by atoms with Gasteiger partial charge in [-0.15, -0.1) is 0 Å². The van der Waals surface area contributed by atoms with Crippen LogP contribution in [-0.2, 0) is 6.54 Å². The standard InChI is InChI=1S/C16H22N4O2/c1-17-9-12-7-8-20(10-12)11-15-18-16(19-22-15)13-3-5-14(21-2)6-4-13/h3-6,12,17H,7-11H2,1-2H3. The molecule has 118 valence electrons. The van der Waals surface area contributed by atoms with Crippen molar-refractivity contribution in [2.45, 2.75) is 13.0 Å². The van der Waals surface area contributed by atoms with Crippen LogP contribution in [0.4, 0.5) is 0 Å². The van der Waals surface area contributed by atoms with Gasteiger partial charge in [0.25, 0.3) is 0 Å². The number of rotatable bonds is 6. The molecule has 1 aliphatic heterocycles. The lowest BCUT2D eigenvalue weighted by molar-refractivity contribution is 0.260. The zero-order valence-electron chi connectivity index (χ0n) is 13.1. The minimum absolute atomic E-state index is 0.628. The maximum atomic E-state index is 5.38. The number of hydrogen-bond acceptors (Lipinski definition) is 6. The van der Waals surface area contributed by atoms with Crippen LogP contribution in [0.1, 0.15) is 12.3 Å². The third kappa shape index (κ3) is 3.45. The summed E-state index contributed by atoms with van der Waals surface area (Å²) >= 11 is 0. The molecule has 0 aliphatic carbocycles. The summed E-state index contributed by atoms with van der Waals surface area (Å²) in [6.45, 7) is 3.97. The van der Waals surface area contributed by atoms with Gasteiger partial charge in [-0.1, -0.05) is 5.16 Å². The molecule has 1 aromatic heterocycles. The molecule has 1 aliphatic rings. The largest absolute Gasteiger partial charge is 0.497 e. The van der Waals surface area contributed by atoms with Gasteiger partial charge in [0.2, 0.25) is 11.7 Å². The molecular weight excluding hydrogens is 280 g/mol. The first-order valence-electron chi connectivity index (χ1n) is 7.62. The maximum Gasteiger partial charge on any atom is 0.241 e. The second kappa shape index (κ2) is 6.89. The van der Waals surface area contributed by atoms with Crippen molar-refractivity contribution in [3.8, 4) is 17.1 Å². The Balaban J connectivity index is 1.61. The fraction of sp³-hybridized carbons (Fsp3) is 0.500. The van der Waals surface area contributed by atoms with Crippen LogP contribution < -0.4 is 10.1 Å². The number of hydrogen-bond donors (Lipinski definition) is 1. The van der Waals surface area contributed by atoms with Crippen LogP contribution in [0.5, 0.6) is 5.75 Å². The second-order valence-electron chi connectivity index (χ2n) is 5.69. The Labute approximate surface area is 130 Å². The summed E-state index contributed by atoms with van der Waals surface area (Å²) in [4.78, 5) is 6.86. The molecule has 6 heteroatoms. The summed E-state index contributed by atoms with van der Waals surface area (Å²) in [7, 11) is 3.65. The van der Waals surface area contributed by atoms with E-state index in [2.05, 4.69) is 20.4 Å². The molecule has 0 amide bonds. The Bertz CT molecular complexity index is 596. The Hall–Kier alpha value is -1.92. The van der Waals surface area contributed by atoms with Gasteiger partial charge >= 0.3 is 0 Å². The highest BCUT2D eigenvalue weighted by molar-refractivity contribution is 5.55. The van der Waals surface area contributed by atoms with Gasteiger partial charge in [0.1, 0.15) is 5.75 Å². The van der Waals surface area contributed by atoms with Crippen LogP contribution in [0.2, 0.25) is 0 Å². The maximum absolute atomic E-state index is 5.38. The highest BCUT2D eigenvalue weighted by Gasteiger charge is 2.23. The molecule has 0 saturated carbocycles. The fourth-order valence-corrected chi connectivity index (χ4v) is 2.88. The summed E-state index contributed by atoms with van der Waals surface area (Å²) in [6, 6.07) is 7.67. The number of ether oxygens (including phenoxy) is 1. The van der Waals surface area contributed by atoms with Crippen molar-refractivity contribution in [1.29, 1.82) is 0 Å². The lowest BCUT2D eigenvalue weighted by Crippen LogP contribution is -2.24. The van der Waals surface area contributed by atoms with E-state index in [1.807, 2.05) is 31.3 Å². The first kappa shape index (κ1) is 15.0. The Morgan fingerprint density at radius 2 is 2.18 bits per heavy atom. The van der Waals surface area contributed by atoms with Gasteiger partial charge < -0.3 is 14.6 Å². The number of methoxy groups -OCH3 is 1. The number of nitrogens with one attached hydrogen (secondary N) is 1. The molecule has 1 atom stereocenters. The molecular formula is C16H22N4O2. The van der Waals surface area contributed by atoms with Crippen molar-refractivity contribution in [2.24, 2.45) is 5.92 Å². The van der Waals surface area contributed by atoms with Crippen molar-refractivity contribution in [3.05, 3.63) is 30.2 Å². The second-order valence-corrected chi connectivity index (χ2v) is 5.69. The number of benzene rings is 1. The van der Waals surface area contributed by atoms with Crippen LogP contribution >= 0.6 is 0 Å². The van der Waals surface area contributed by atoms with Gasteiger partial charge in [-0.2, -0.15) is 4.98 Å². The van der Waals surface area contributed by atoms with Crippen LogP contribution in [-0.4, -0.2) is 48.8 Å². The minimum Gasteiger partial charge on any atom is -0.497 e. The Morgan fingerprint density at radius 3 is 2.91 bits per heavy atom. The molecule has 1 N–H and O–H groups in total. The van der Waals surface area contributed by atoms with Gasteiger partial charge in [-0.25, -0.2) is 0 Å². The molecule has 1 aromatic carbocycles.